The lowest BCUT2D eigenvalue weighted by atomic mass is 9.90. The van der Waals surface area contributed by atoms with Gasteiger partial charge in [-0.05, 0) is 68.5 Å². The Morgan fingerprint density at radius 1 is 1.00 bits per heavy atom. The molecule has 3 aromatic rings. The number of halogens is 1. The SMILES string of the molecule is Clc1ccccc1-c1cc(CCC2CCNCC2)c2ccccc2n1.O=C(O)C=CC(=O)O. The van der Waals surface area contributed by atoms with E-state index < -0.39 is 11.9 Å². The maximum absolute atomic E-state index is 9.55. The van der Waals surface area contributed by atoms with Crippen molar-refractivity contribution in [3.05, 3.63) is 77.3 Å². The van der Waals surface area contributed by atoms with Crippen LogP contribution >= 0.6 is 11.6 Å². The highest BCUT2D eigenvalue weighted by atomic mass is 35.5. The number of piperidine rings is 1. The fourth-order valence-electron chi connectivity index (χ4n) is 3.93. The highest BCUT2D eigenvalue weighted by molar-refractivity contribution is 6.33. The van der Waals surface area contributed by atoms with E-state index in [0.717, 1.165) is 47.2 Å². The molecule has 33 heavy (non-hydrogen) atoms. The normalized spacial score (nSPS) is 14.1. The first-order valence-electron chi connectivity index (χ1n) is 10.9. The van der Waals surface area contributed by atoms with Crippen molar-refractivity contribution in [1.82, 2.24) is 10.3 Å². The molecule has 0 aliphatic carbocycles. The smallest absolute Gasteiger partial charge is 0.328 e. The van der Waals surface area contributed by atoms with Crippen LogP contribution in [0.1, 0.15) is 24.8 Å². The fraction of sp³-hybridized carbons (Fsp3) is 0.269. The molecule has 0 bridgehead atoms. The number of carboxylic acids is 2. The van der Waals surface area contributed by atoms with Crippen LogP contribution in [-0.2, 0) is 16.0 Å². The quantitative estimate of drug-likeness (QED) is 0.432. The average Bonchev–Trinajstić information content (AvgIpc) is 2.82. The predicted molar refractivity (Wildman–Crippen MR) is 131 cm³/mol. The Bertz CT molecular complexity index is 1120. The van der Waals surface area contributed by atoms with Gasteiger partial charge in [0, 0.05) is 28.1 Å². The molecular formula is C26H27ClN2O4. The van der Waals surface area contributed by atoms with Crippen LogP contribution in [0.15, 0.2) is 66.7 Å². The number of hydrogen-bond acceptors (Lipinski definition) is 4. The number of nitrogens with one attached hydrogen (secondary N) is 1. The van der Waals surface area contributed by atoms with Crippen LogP contribution in [0.3, 0.4) is 0 Å². The number of aliphatic carboxylic acids is 2. The van der Waals surface area contributed by atoms with Gasteiger partial charge in [0.1, 0.15) is 0 Å². The van der Waals surface area contributed by atoms with Crippen molar-refractivity contribution < 1.29 is 19.8 Å². The van der Waals surface area contributed by atoms with Crippen LogP contribution in [0.25, 0.3) is 22.2 Å². The molecule has 0 spiro atoms. The minimum absolute atomic E-state index is 0.558. The standard InChI is InChI=1S/C22H23ClN2.C4H4O4/c23-20-7-3-1-6-19(20)22-15-17(10-9-16-11-13-24-14-12-16)18-5-2-4-8-21(18)25-22;5-3(6)1-2-4(7)8/h1-8,15-16,24H,9-14H2;1-2H,(H,5,6)(H,7,8). The summed E-state index contributed by atoms with van der Waals surface area (Å²) in [6.07, 6.45) is 6.05. The van der Waals surface area contributed by atoms with Gasteiger partial charge in [-0.1, -0.05) is 48.0 Å². The third-order valence-electron chi connectivity index (χ3n) is 5.60. The molecule has 0 radical (unpaired) electrons. The molecule has 2 aromatic carbocycles. The molecule has 0 atom stereocenters. The van der Waals surface area contributed by atoms with Crippen molar-refractivity contribution in [3.63, 3.8) is 0 Å². The van der Waals surface area contributed by atoms with Gasteiger partial charge >= 0.3 is 11.9 Å². The first-order chi connectivity index (χ1) is 15.9. The first-order valence-corrected chi connectivity index (χ1v) is 11.3. The fourth-order valence-corrected chi connectivity index (χ4v) is 4.17. The summed E-state index contributed by atoms with van der Waals surface area (Å²) in [5.41, 5.74) is 4.43. The molecule has 1 saturated heterocycles. The number of nitrogens with zero attached hydrogens (tertiary/aromatic N) is 1. The predicted octanol–water partition coefficient (Wildman–Crippen LogP) is 5.20. The van der Waals surface area contributed by atoms with Gasteiger partial charge in [-0.15, -0.1) is 0 Å². The molecular weight excluding hydrogens is 440 g/mol. The number of hydrogen-bond donors (Lipinski definition) is 3. The van der Waals surface area contributed by atoms with E-state index in [0.29, 0.717) is 12.2 Å². The number of fused-ring (bicyclic) bond motifs is 1. The largest absolute Gasteiger partial charge is 0.478 e. The first kappa shape index (κ1) is 24.4. The molecule has 7 heteroatoms. The second-order valence-corrected chi connectivity index (χ2v) is 8.31. The summed E-state index contributed by atoms with van der Waals surface area (Å²) < 4.78 is 0. The molecule has 3 N–H and O–H groups in total. The van der Waals surface area contributed by atoms with Gasteiger partial charge in [0.25, 0.3) is 0 Å². The lowest BCUT2D eigenvalue weighted by molar-refractivity contribution is -0.134. The Morgan fingerprint density at radius 3 is 2.30 bits per heavy atom. The summed E-state index contributed by atoms with van der Waals surface area (Å²) in [6.45, 7) is 2.32. The van der Waals surface area contributed by atoms with E-state index in [4.69, 9.17) is 26.8 Å². The third kappa shape index (κ3) is 7.41. The van der Waals surface area contributed by atoms with Crippen LogP contribution in [0.2, 0.25) is 5.02 Å². The Hall–Kier alpha value is -3.22. The molecule has 0 saturated carbocycles. The van der Waals surface area contributed by atoms with Crippen molar-refractivity contribution in [2.45, 2.75) is 25.7 Å². The van der Waals surface area contributed by atoms with Crippen molar-refractivity contribution in [3.8, 4) is 11.3 Å². The number of aromatic nitrogens is 1. The van der Waals surface area contributed by atoms with E-state index in [1.54, 1.807) is 0 Å². The summed E-state index contributed by atoms with van der Waals surface area (Å²) in [6, 6.07) is 18.7. The van der Waals surface area contributed by atoms with E-state index in [2.05, 4.69) is 41.7 Å². The summed E-state index contributed by atoms with van der Waals surface area (Å²) in [7, 11) is 0. The molecule has 1 aromatic heterocycles. The molecule has 0 amide bonds. The zero-order valence-corrected chi connectivity index (χ0v) is 19.0. The van der Waals surface area contributed by atoms with Crippen molar-refractivity contribution >= 4 is 34.4 Å². The minimum Gasteiger partial charge on any atom is -0.478 e. The summed E-state index contributed by atoms with van der Waals surface area (Å²) in [5.74, 6) is -1.68. The van der Waals surface area contributed by atoms with Gasteiger partial charge in [-0.3, -0.25) is 0 Å². The van der Waals surface area contributed by atoms with Crippen LogP contribution in [0.4, 0.5) is 0 Å². The molecule has 6 nitrogen and oxygen atoms in total. The maximum atomic E-state index is 9.55. The lowest BCUT2D eigenvalue weighted by Crippen LogP contribution is -2.27. The highest BCUT2D eigenvalue weighted by Gasteiger charge is 2.15. The highest BCUT2D eigenvalue weighted by Crippen LogP contribution is 2.31. The Morgan fingerprint density at radius 2 is 1.64 bits per heavy atom. The topological polar surface area (TPSA) is 99.5 Å². The molecule has 0 unspecified atom stereocenters. The molecule has 1 fully saturated rings. The monoisotopic (exact) mass is 466 g/mol. The average molecular weight is 467 g/mol. The summed E-state index contributed by atoms with van der Waals surface area (Å²) >= 11 is 6.41. The summed E-state index contributed by atoms with van der Waals surface area (Å²) in [5, 5.41) is 21.1. The van der Waals surface area contributed by atoms with Crippen LogP contribution in [0.5, 0.6) is 0 Å². The molecule has 2 heterocycles. The molecule has 172 valence electrons. The second kappa shape index (κ2) is 12.1. The van der Waals surface area contributed by atoms with Gasteiger partial charge < -0.3 is 15.5 Å². The van der Waals surface area contributed by atoms with Crippen LogP contribution < -0.4 is 5.32 Å². The number of pyridine rings is 1. The summed E-state index contributed by atoms with van der Waals surface area (Å²) in [4.78, 5) is 24.0. The molecule has 1 aliphatic rings. The molecule has 4 rings (SSSR count). The van der Waals surface area contributed by atoms with Crippen molar-refractivity contribution in [1.29, 1.82) is 0 Å². The Balaban J connectivity index is 0.000000331. The zero-order chi connectivity index (χ0) is 23.6. The van der Waals surface area contributed by atoms with E-state index in [9.17, 15) is 9.59 Å². The number of carboxylic acid groups (broad SMARTS) is 2. The minimum atomic E-state index is -1.26. The van der Waals surface area contributed by atoms with Crippen molar-refractivity contribution in [2.24, 2.45) is 5.92 Å². The van der Waals surface area contributed by atoms with E-state index in [-0.39, 0.29) is 0 Å². The number of aryl methyl sites for hydroxylation is 1. The number of rotatable bonds is 6. The second-order valence-electron chi connectivity index (χ2n) is 7.91. The zero-order valence-electron chi connectivity index (χ0n) is 18.2. The molecule has 1 aliphatic heterocycles. The maximum Gasteiger partial charge on any atom is 0.328 e. The van der Waals surface area contributed by atoms with Crippen LogP contribution in [-0.4, -0.2) is 40.2 Å². The lowest BCUT2D eigenvalue weighted by Gasteiger charge is -2.22. The van der Waals surface area contributed by atoms with Gasteiger partial charge in [0.15, 0.2) is 0 Å². The number of carbonyl (C=O) groups is 2. The number of para-hydroxylation sites is 1. The van der Waals surface area contributed by atoms with Crippen molar-refractivity contribution in [2.75, 3.05) is 13.1 Å². The van der Waals surface area contributed by atoms with E-state index in [1.807, 2.05) is 18.2 Å². The van der Waals surface area contributed by atoms with Gasteiger partial charge in [-0.2, -0.15) is 0 Å². The Labute approximate surface area is 197 Å². The third-order valence-corrected chi connectivity index (χ3v) is 5.93. The van der Waals surface area contributed by atoms with Gasteiger partial charge in [0.05, 0.1) is 11.2 Å². The van der Waals surface area contributed by atoms with Crippen LogP contribution in [0, 0.1) is 5.92 Å². The van der Waals surface area contributed by atoms with E-state index >= 15 is 0 Å². The van der Waals surface area contributed by atoms with E-state index in [1.165, 1.54) is 30.2 Å². The van der Waals surface area contributed by atoms with Gasteiger partial charge in [-0.25, -0.2) is 14.6 Å². The Kier molecular flexibility index (Phi) is 8.98. The van der Waals surface area contributed by atoms with Gasteiger partial charge in [0.2, 0.25) is 0 Å². The number of benzene rings is 2.